The normalized spacial score (nSPS) is 33.4. The largest absolute Gasteiger partial charge is 0.504 e. The van der Waals surface area contributed by atoms with Crippen LogP contribution >= 0.6 is 23.1 Å². The number of carbonyl (C=O) groups excluding carboxylic acids is 2. The molecule has 2 aliphatic heterocycles. The van der Waals surface area contributed by atoms with Crippen LogP contribution in [0.3, 0.4) is 0 Å². The summed E-state index contributed by atoms with van der Waals surface area (Å²) in [5.41, 5.74) is 0.884. The van der Waals surface area contributed by atoms with E-state index in [2.05, 4.69) is 4.98 Å². The number of nitrogens with zero attached hydrogens (tertiary/aromatic N) is 1. The zero-order valence-electron chi connectivity index (χ0n) is 19.0. The number of nitrogens with one attached hydrogen (secondary N) is 1. The number of aromatic amines is 1. The van der Waals surface area contributed by atoms with Crippen LogP contribution < -0.4 is 9.61 Å². The molecule has 8 atom stereocenters. The summed E-state index contributed by atoms with van der Waals surface area (Å²) in [6.45, 7) is 3.59. The number of aliphatic carboxylic acids is 1. The second-order valence-corrected chi connectivity index (χ2v) is 11.9. The highest BCUT2D eigenvalue weighted by atomic mass is 32.2. The van der Waals surface area contributed by atoms with Gasteiger partial charge in [0.15, 0.2) is 11.5 Å². The van der Waals surface area contributed by atoms with Crippen molar-refractivity contribution in [1.82, 2.24) is 9.88 Å². The molecule has 2 bridgehead atoms. The van der Waals surface area contributed by atoms with Crippen LogP contribution in [-0.4, -0.2) is 55.8 Å². The molecule has 11 heteroatoms. The molecular formula is C24H24N2O7S2. The van der Waals surface area contributed by atoms with Crippen molar-refractivity contribution in [1.29, 1.82) is 0 Å². The van der Waals surface area contributed by atoms with Gasteiger partial charge in [0.05, 0.1) is 23.5 Å². The lowest BCUT2D eigenvalue weighted by atomic mass is 9.68. The summed E-state index contributed by atoms with van der Waals surface area (Å²) < 4.78 is 5.62. The van der Waals surface area contributed by atoms with Crippen molar-refractivity contribution >= 4 is 40.9 Å². The van der Waals surface area contributed by atoms with Crippen molar-refractivity contribution in [3.05, 3.63) is 38.3 Å². The van der Waals surface area contributed by atoms with E-state index in [1.165, 1.54) is 6.92 Å². The van der Waals surface area contributed by atoms with Gasteiger partial charge in [-0.25, -0.2) is 4.79 Å². The number of H-pyrrole nitrogens is 1. The first-order valence-corrected chi connectivity index (χ1v) is 13.4. The number of aromatic hydroxyl groups is 1. The Balaban J connectivity index is 1.45. The molecule has 4 aliphatic rings. The van der Waals surface area contributed by atoms with Gasteiger partial charge in [-0.05, 0) is 55.7 Å². The van der Waals surface area contributed by atoms with Crippen LogP contribution in [0.2, 0.25) is 0 Å². The molecule has 1 saturated heterocycles. The molecule has 0 spiro atoms. The number of thiazole rings is 1. The van der Waals surface area contributed by atoms with Crippen molar-refractivity contribution in [2.24, 2.45) is 29.6 Å². The predicted octanol–water partition coefficient (Wildman–Crippen LogP) is 2.49. The quantitative estimate of drug-likeness (QED) is 0.516. The maximum atomic E-state index is 13.4. The Bertz CT molecular complexity index is 1320. The molecule has 184 valence electrons. The number of carboxylic acids is 1. The summed E-state index contributed by atoms with van der Waals surface area (Å²) >= 11 is 2.73. The van der Waals surface area contributed by atoms with E-state index in [0.717, 1.165) is 38.1 Å². The van der Waals surface area contributed by atoms with E-state index >= 15 is 0 Å². The third-order valence-corrected chi connectivity index (χ3v) is 10.7. The third-order valence-electron chi connectivity index (χ3n) is 8.15. The topological polar surface area (TPSA) is 137 Å². The molecule has 3 heterocycles. The van der Waals surface area contributed by atoms with Gasteiger partial charge in [0.1, 0.15) is 6.04 Å². The van der Waals surface area contributed by atoms with E-state index < -0.39 is 29.8 Å². The van der Waals surface area contributed by atoms with Crippen molar-refractivity contribution < 1.29 is 29.3 Å². The number of phenols is 1. The number of ether oxygens (including phenoxy) is 1. The second kappa shape index (κ2) is 7.86. The minimum Gasteiger partial charge on any atom is -0.504 e. The van der Waals surface area contributed by atoms with Gasteiger partial charge in [0.25, 0.3) is 0 Å². The van der Waals surface area contributed by atoms with E-state index in [0.29, 0.717) is 12.4 Å². The molecule has 2 amide bonds. The molecule has 0 unspecified atom stereocenters. The number of phenolic OH excluding ortho intramolecular Hbond substituents is 1. The van der Waals surface area contributed by atoms with Gasteiger partial charge in [-0.3, -0.25) is 19.3 Å². The number of hydrogen-bond acceptors (Lipinski definition) is 8. The first kappa shape index (κ1) is 22.7. The fourth-order valence-corrected chi connectivity index (χ4v) is 9.79. The van der Waals surface area contributed by atoms with Crippen LogP contribution in [0.4, 0.5) is 0 Å². The Morgan fingerprint density at radius 2 is 1.94 bits per heavy atom. The van der Waals surface area contributed by atoms with E-state index in [4.69, 9.17) is 4.74 Å². The summed E-state index contributed by atoms with van der Waals surface area (Å²) in [7, 11) is 0. The number of carboxylic acid groups (broad SMARTS) is 1. The van der Waals surface area contributed by atoms with Gasteiger partial charge in [-0.2, -0.15) is 0 Å². The summed E-state index contributed by atoms with van der Waals surface area (Å²) in [4.78, 5) is 55.3. The Hall–Kier alpha value is -2.79. The SMILES string of the molecule is CCOc1cc([C@H]2c3sc(=O)[nH]c3S[C@@H]3[C@@H]4C[C@H]([C@H]5C(=O)N([C@@H](C)C(=O)O)C(=O)[C@H]45)[C@H]23)ccc1O. The van der Waals surface area contributed by atoms with Crippen LogP contribution in [0.5, 0.6) is 11.5 Å². The lowest BCUT2D eigenvalue weighted by Crippen LogP contribution is -2.44. The lowest BCUT2D eigenvalue weighted by molar-refractivity contribution is -0.154. The number of carbonyl (C=O) groups is 3. The summed E-state index contributed by atoms with van der Waals surface area (Å²) in [5, 5.41) is 20.5. The Morgan fingerprint density at radius 3 is 2.63 bits per heavy atom. The number of likely N-dealkylation sites (tertiary alicyclic amines) is 1. The van der Waals surface area contributed by atoms with Crippen molar-refractivity contribution in [3.8, 4) is 11.5 Å². The van der Waals surface area contributed by atoms with Gasteiger partial charge in [0, 0.05) is 16.0 Å². The molecule has 35 heavy (non-hydrogen) atoms. The molecule has 3 N–H and O–H groups in total. The molecule has 3 fully saturated rings. The maximum absolute atomic E-state index is 13.4. The van der Waals surface area contributed by atoms with Crippen LogP contribution in [-0.2, 0) is 14.4 Å². The molecule has 1 aromatic carbocycles. The zero-order valence-corrected chi connectivity index (χ0v) is 20.6. The molecule has 2 saturated carbocycles. The fourth-order valence-electron chi connectivity index (χ4n) is 6.90. The van der Waals surface area contributed by atoms with Crippen molar-refractivity contribution in [2.45, 2.75) is 42.5 Å². The highest BCUT2D eigenvalue weighted by molar-refractivity contribution is 8.00. The van der Waals surface area contributed by atoms with Gasteiger partial charge >= 0.3 is 10.8 Å². The number of rotatable bonds is 5. The number of fused-ring (bicyclic) bond motifs is 9. The summed E-state index contributed by atoms with van der Waals surface area (Å²) in [6, 6.07) is 4.01. The molecule has 9 nitrogen and oxygen atoms in total. The minimum atomic E-state index is -1.20. The summed E-state index contributed by atoms with van der Waals surface area (Å²) in [6.07, 6.45) is 0.719. The molecular weight excluding hydrogens is 492 g/mol. The average Bonchev–Trinajstić information content (AvgIpc) is 3.54. The highest BCUT2D eigenvalue weighted by Crippen LogP contribution is 2.68. The number of hydrogen-bond donors (Lipinski definition) is 3. The lowest BCUT2D eigenvalue weighted by Gasteiger charge is -2.43. The number of aromatic nitrogens is 1. The monoisotopic (exact) mass is 516 g/mol. The number of benzene rings is 1. The molecule has 1 aromatic heterocycles. The van der Waals surface area contributed by atoms with Gasteiger partial charge in [-0.15, -0.1) is 11.8 Å². The zero-order chi connectivity index (χ0) is 24.8. The molecule has 0 radical (unpaired) electrons. The smallest absolute Gasteiger partial charge is 0.326 e. The number of thioether (sulfide) groups is 1. The first-order chi connectivity index (χ1) is 16.7. The van der Waals surface area contributed by atoms with E-state index in [1.54, 1.807) is 23.9 Å². The minimum absolute atomic E-state index is 0.00480. The van der Waals surface area contributed by atoms with Gasteiger partial charge in [0.2, 0.25) is 11.8 Å². The van der Waals surface area contributed by atoms with Crippen molar-refractivity contribution in [3.63, 3.8) is 0 Å². The third kappa shape index (κ3) is 3.07. The Morgan fingerprint density at radius 1 is 1.23 bits per heavy atom. The predicted molar refractivity (Wildman–Crippen MR) is 127 cm³/mol. The van der Waals surface area contributed by atoms with E-state index in [-0.39, 0.29) is 45.5 Å². The standard InChI is InChI=1S/C24H24N2O7S2/c1-3-33-13-6-9(4-5-12(13)27)14-15-10-7-11(18(15)34-20-19(14)35-24(32)25-20)17-16(10)21(28)26(22(17)29)8(2)23(30)31/h4-6,8,10-11,14-18,27H,3,7H2,1-2H3,(H,25,32)(H,30,31)/t8-,10-,11+,14+,15+,16+,17+,18+/m0/s1. The first-order valence-electron chi connectivity index (χ1n) is 11.7. The Kier molecular flexibility index (Phi) is 5.09. The van der Waals surface area contributed by atoms with Gasteiger partial charge in [-0.1, -0.05) is 17.4 Å². The number of amides is 2. The summed E-state index contributed by atoms with van der Waals surface area (Å²) in [5.74, 6) is -3.05. The van der Waals surface area contributed by atoms with Crippen LogP contribution in [0, 0.1) is 29.6 Å². The molecule has 6 rings (SSSR count). The maximum Gasteiger partial charge on any atom is 0.326 e. The molecule has 2 aromatic rings. The fraction of sp³-hybridized carbons (Fsp3) is 0.500. The molecule has 2 aliphatic carbocycles. The number of imide groups is 1. The Labute approximate surface area is 208 Å². The van der Waals surface area contributed by atoms with Crippen LogP contribution in [0.1, 0.15) is 36.6 Å². The van der Waals surface area contributed by atoms with E-state index in [1.807, 2.05) is 13.0 Å². The van der Waals surface area contributed by atoms with Gasteiger partial charge < -0.3 is 19.9 Å². The van der Waals surface area contributed by atoms with Crippen molar-refractivity contribution in [2.75, 3.05) is 6.61 Å². The highest BCUT2D eigenvalue weighted by Gasteiger charge is 2.70. The second-order valence-electron chi connectivity index (χ2n) is 9.68. The van der Waals surface area contributed by atoms with Crippen LogP contribution in [0.15, 0.2) is 28.0 Å². The van der Waals surface area contributed by atoms with Crippen LogP contribution in [0.25, 0.3) is 0 Å². The average molecular weight is 517 g/mol. The van der Waals surface area contributed by atoms with E-state index in [9.17, 15) is 29.4 Å².